The molecule has 10 heteroatoms. The second-order valence-corrected chi connectivity index (χ2v) is 10.0. The number of nitrogens with zero attached hydrogens (tertiary/aromatic N) is 5. The first-order valence-electron chi connectivity index (χ1n) is 13.4. The number of nitrogens with two attached hydrogens (primary N) is 1. The van der Waals surface area contributed by atoms with Crippen LogP contribution < -0.4 is 21.3 Å². The quantitative estimate of drug-likeness (QED) is 0.501. The minimum atomic E-state index is -0.632. The van der Waals surface area contributed by atoms with Gasteiger partial charge in [0.1, 0.15) is 5.82 Å². The lowest BCUT2D eigenvalue weighted by atomic mass is 9.89. The second kappa shape index (κ2) is 12.2. The van der Waals surface area contributed by atoms with Crippen molar-refractivity contribution in [3.63, 3.8) is 0 Å². The molecule has 4 N–H and O–H groups in total. The predicted molar refractivity (Wildman–Crippen MR) is 146 cm³/mol. The maximum absolute atomic E-state index is 12.5. The standard InChI is InChI=1S/C27H40N8O2/c1-4-34(5-2)27(37)31-22-7-6-14-35(18-22)23-17-29-24(25(28)36)26(32-23)30-21-10-8-19(9-11-21)20-12-15-33(3)16-13-20/h8-11,17,20,22H,4-7,12-16,18H2,1-3H3,(H2,28,36)(H,30,32)(H,31,37). The Morgan fingerprint density at radius 1 is 1.08 bits per heavy atom. The Balaban J connectivity index is 1.46. The van der Waals surface area contributed by atoms with Crippen LogP contribution in [0.2, 0.25) is 0 Å². The molecule has 0 bridgehead atoms. The van der Waals surface area contributed by atoms with Crippen LogP contribution in [0.1, 0.15) is 61.5 Å². The number of nitrogens with one attached hydrogen (secondary N) is 2. The first kappa shape index (κ1) is 26.7. The second-order valence-electron chi connectivity index (χ2n) is 10.0. The predicted octanol–water partition coefficient (Wildman–Crippen LogP) is 3.15. The minimum Gasteiger partial charge on any atom is -0.364 e. The molecule has 2 saturated heterocycles. The van der Waals surface area contributed by atoms with Crippen molar-refractivity contribution in [3.05, 3.63) is 41.7 Å². The van der Waals surface area contributed by atoms with Crippen LogP contribution >= 0.6 is 0 Å². The van der Waals surface area contributed by atoms with E-state index in [0.717, 1.165) is 51.0 Å². The molecule has 1 atom stereocenters. The van der Waals surface area contributed by atoms with E-state index >= 15 is 0 Å². The van der Waals surface area contributed by atoms with Gasteiger partial charge in [-0.2, -0.15) is 0 Å². The number of hydrogen-bond donors (Lipinski definition) is 3. The molecule has 10 nitrogen and oxygen atoms in total. The van der Waals surface area contributed by atoms with Gasteiger partial charge in [0, 0.05) is 37.9 Å². The molecule has 200 valence electrons. The van der Waals surface area contributed by atoms with Crippen molar-refractivity contribution in [2.45, 2.75) is 51.5 Å². The normalized spacial score (nSPS) is 18.9. The number of likely N-dealkylation sites (tertiary alicyclic amines) is 1. The smallest absolute Gasteiger partial charge is 0.317 e. The van der Waals surface area contributed by atoms with Crippen molar-refractivity contribution in [2.24, 2.45) is 5.73 Å². The Morgan fingerprint density at radius 2 is 1.78 bits per heavy atom. The number of amides is 3. The average Bonchev–Trinajstić information content (AvgIpc) is 2.90. The van der Waals surface area contributed by atoms with Gasteiger partial charge >= 0.3 is 6.03 Å². The highest BCUT2D eigenvalue weighted by Gasteiger charge is 2.25. The number of anilines is 3. The Labute approximate surface area is 219 Å². The fourth-order valence-corrected chi connectivity index (χ4v) is 5.20. The van der Waals surface area contributed by atoms with Crippen molar-refractivity contribution < 1.29 is 9.59 Å². The molecule has 0 spiro atoms. The monoisotopic (exact) mass is 508 g/mol. The number of rotatable bonds is 8. The van der Waals surface area contributed by atoms with Gasteiger partial charge in [0.2, 0.25) is 0 Å². The van der Waals surface area contributed by atoms with Gasteiger partial charge in [-0.15, -0.1) is 0 Å². The number of hydrogen-bond acceptors (Lipinski definition) is 7. The van der Waals surface area contributed by atoms with Crippen LogP contribution in [0, 0.1) is 0 Å². The summed E-state index contributed by atoms with van der Waals surface area (Å²) in [6, 6.07) is 8.31. The lowest BCUT2D eigenvalue weighted by molar-refractivity contribution is 0.0996. The van der Waals surface area contributed by atoms with Crippen LogP contribution in [-0.2, 0) is 0 Å². The van der Waals surface area contributed by atoms with Gasteiger partial charge in [-0.25, -0.2) is 14.8 Å². The Morgan fingerprint density at radius 3 is 2.43 bits per heavy atom. The first-order valence-corrected chi connectivity index (χ1v) is 13.4. The van der Waals surface area contributed by atoms with Gasteiger partial charge in [0.15, 0.2) is 11.5 Å². The summed E-state index contributed by atoms with van der Waals surface area (Å²) in [5, 5.41) is 6.40. The van der Waals surface area contributed by atoms with E-state index in [2.05, 4.69) is 44.6 Å². The third-order valence-electron chi connectivity index (χ3n) is 7.48. The summed E-state index contributed by atoms with van der Waals surface area (Å²) in [7, 11) is 2.17. The van der Waals surface area contributed by atoms with Crippen molar-refractivity contribution >= 4 is 29.3 Å². The Bertz CT molecular complexity index is 1060. The highest BCUT2D eigenvalue weighted by molar-refractivity contribution is 5.96. The van der Waals surface area contributed by atoms with Gasteiger partial charge in [-0.3, -0.25) is 4.79 Å². The lowest BCUT2D eigenvalue weighted by Gasteiger charge is -2.35. The molecule has 1 aromatic carbocycles. The van der Waals surface area contributed by atoms with Gasteiger partial charge in [-0.1, -0.05) is 12.1 Å². The van der Waals surface area contributed by atoms with Crippen molar-refractivity contribution in [1.82, 2.24) is 25.1 Å². The van der Waals surface area contributed by atoms with Crippen LogP contribution in [0.15, 0.2) is 30.5 Å². The van der Waals surface area contributed by atoms with Gasteiger partial charge < -0.3 is 31.1 Å². The van der Waals surface area contributed by atoms with Crippen LogP contribution in [0.3, 0.4) is 0 Å². The average molecular weight is 509 g/mol. The number of piperidine rings is 2. The summed E-state index contributed by atoms with van der Waals surface area (Å²) in [4.78, 5) is 40.0. The number of carbonyl (C=O) groups excluding carboxylic acids is 2. The highest BCUT2D eigenvalue weighted by Crippen LogP contribution is 2.29. The summed E-state index contributed by atoms with van der Waals surface area (Å²) >= 11 is 0. The maximum Gasteiger partial charge on any atom is 0.317 e. The van der Waals surface area contributed by atoms with Crippen molar-refractivity contribution in [2.75, 3.05) is 56.5 Å². The first-order chi connectivity index (χ1) is 17.9. The third kappa shape index (κ3) is 6.68. The van der Waals surface area contributed by atoms with E-state index < -0.39 is 5.91 Å². The van der Waals surface area contributed by atoms with Crippen LogP contribution in [0.4, 0.5) is 22.1 Å². The summed E-state index contributed by atoms with van der Waals surface area (Å²) < 4.78 is 0. The zero-order valence-electron chi connectivity index (χ0n) is 22.2. The minimum absolute atomic E-state index is 0.0167. The molecule has 0 saturated carbocycles. The highest BCUT2D eigenvalue weighted by atomic mass is 16.2. The number of aromatic nitrogens is 2. The van der Waals surface area contributed by atoms with Crippen LogP contribution in [0.25, 0.3) is 0 Å². The molecule has 2 fully saturated rings. The van der Waals surface area contributed by atoms with E-state index in [1.165, 1.54) is 5.56 Å². The van der Waals surface area contributed by atoms with E-state index in [1.54, 1.807) is 11.1 Å². The maximum atomic E-state index is 12.5. The molecule has 2 aliphatic rings. The van der Waals surface area contributed by atoms with Gasteiger partial charge in [0.25, 0.3) is 5.91 Å². The van der Waals surface area contributed by atoms with E-state index in [9.17, 15) is 9.59 Å². The van der Waals surface area contributed by atoms with E-state index in [0.29, 0.717) is 37.2 Å². The molecular formula is C27H40N8O2. The van der Waals surface area contributed by atoms with Gasteiger partial charge in [-0.05, 0) is 83.3 Å². The summed E-state index contributed by atoms with van der Waals surface area (Å²) in [5.74, 6) is 0.930. The van der Waals surface area contributed by atoms with Crippen molar-refractivity contribution in [1.29, 1.82) is 0 Å². The van der Waals surface area contributed by atoms with E-state index in [4.69, 9.17) is 10.7 Å². The zero-order valence-corrected chi connectivity index (χ0v) is 22.2. The SMILES string of the molecule is CCN(CC)C(=O)NC1CCCN(c2cnc(C(N)=O)c(Nc3ccc(C4CCN(C)CC4)cc3)n2)C1. The van der Waals surface area contributed by atoms with E-state index in [1.807, 2.05) is 26.0 Å². The van der Waals surface area contributed by atoms with Crippen molar-refractivity contribution in [3.8, 4) is 0 Å². The summed E-state index contributed by atoms with van der Waals surface area (Å²) in [6.07, 6.45) is 5.74. The lowest BCUT2D eigenvalue weighted by Crippen LogP contribution is -2.51. The Kier molecular flexibility index (Phi) is 8.81. The molecule has 2 aromatic rings. The molecular weight excluding hydrogens is 468 g/mol. The van der Waals surface area contributed by atoms with Gasteiger partial charge in [0.05, 0.1) is 6.20 Å². The number of benzene rings is 1. The number of carbonyl (C=O) groups is 2. The molecule has 3 amide bonds. The molecule has 0 aliphatic carbocycles. The molecule has 3 heterocycles. The van der Waals surface area contributed by atoms with Crippen LogP contribution in [0.5, 0.6) is 0 Å². The molecule has 2 aliphatic heterocycles. The number of urea groups is 1. The summed E-state index contributed by atoms with van der Waals surface area (Å²) in [6.45, 7) is 8.96. The largest absolute Gasteiger partial charge is 0.364 e. The molecule has 1 aromatic heterocycles. The molecule has 4 rings (SSSR count). The van der Waals surface area contributed by atoms with Crippen LogP contribution in [-0.4, -0.2) is 84.1 Å². The molecule has 37 heavy (non-hydrogen) atoms. The molecule has 0 radical (unpaired) electrons. The zero-order chi connectivity index (χ0) is 26.4. The fraction of sp³-hybridized carbons (Fsp3) is 0.556. The fourth-order valence-electron chi connectivity index (χ4n) is 5.20. The number of primary amides is 1. The third-order valence-corrected chi connectivity index (χ3v) is 7.48. The summed E-state index contributed by atoms with van der Waals surface area (Å²) in [5.41, 5.74) is 7.87. The molecule has 1 unspecified atom stereocenters. The topological polar surface area (TPSA) is 120 Å². The Hall–Kier alpha value is -3.40. The van der Waals surface area contributed by atoms with E-state index in [-0.39, 0.29) is 17.8 Å².